The molecule has 1 amide bonds. The first-order chi connectivity index (χ1) is 14.1. The van der Waals surface area contributed by atoms with E-state index in [0.29, 0.717) is 16.5 Å². The summed E-state index contributed by atoms with van der Waals surface area (Å²) in [5.41, 5.74) is 1.56. The summed E-state index contributed by atoms with van der Waals surface area (Å²) in [5, 5.41) is 5.20. The highest BCUT2D eigenvalue weighted by molar-refractivity contribution is 7.16. The molecular weight excluding hydrogens is 395 g/mol. The average Bonchev–Trinajstić information content (AvgIpc) is 3.37. The van der Waals surface area contributed by atoms with Gasteiger partial charge in [-0.2, -0.15) is 9.61 Å². The molecule has 1 fully saturated rings. The van der Waals surface area contributed by atoms with Crippen LogP contribution in [0.15, 0.2) is 29.1 Å². The molecule has 7 nitrogen and oxygen atoms in total. The first-order valence-corrected chi connectivity index (χ1v) is 10.6. The second-order valence-electron chi connectivity index (χ2n) is 7.36. The Morgan fingerprint density at radius 1 is 1.17 bits per heavy atom. The molecule has 2 aromatic heterocycles. The third-order valence-corrected chi connectivity index (χ3v) is 6.50. The number of hydrogen-bond acceptors (Lipinski definition) is 6. The van der Waals surface area contributed by atoms with Gasteiger partial charge in [-0.3, -0.25) is 9.69 Å². The van der Waals surface area contributed by atoms with Crippen LogP contribution in [-0.2, 0) is 12.8 Å². The Kier molecular flexibility index (Phi) is 4.54. The fourth-order valence-corrected chi connectivity index (χ4v) is 5.08. The van der Waals surface area contributed by atoms with E-state index in [-0.39, 0.29) is 23.2 Å². The summed E-state index contributed by atoms with van der Waals surface area (Å²) >= 11 is 1.35. The first-order valence-electron chi connectivity index (χ1n) is 9.76. The first kappa shape index (κ1) is 18.2. The zero-order valence-corrected chi connectivity index (χ0v) is 16.5. The van der Waals surface area contributed by atoms with E-state index in [9.17, 15) is 14.0 Å². The van der Waals surface area contributed by atoms with Gasteiger partial charge in [-0.05, 0) is 62.8 Å². The maximum Gasteiger partial charge on any atom is 0.415 e. The minimum Gasteiger partial charge on any atom is -0.410 e. The van der Waals surface area contributed by atoms with Crippen LogP contribution in [0.5, 0.6) is 5.75 Å². The van der Waals surface area contributed by atoms with Gasteiger partial charge in [0.2, 0.25) is 4.96 Å². The summed E-state index contributed by atoms with van der Waals surface area (Å²) in [4.78, 5) is 32.3. The molecule has 1 aliphatic carbocycles. The van der Waals surface area contributed by atoms with E-state index in [1.807, 2.05) is 0 Å². The molecule has 29 heavy (non-hydrogen) atoms. The smallest absolute Gasteiger partial charge is 0.410 e. The number of halogens is 1. The Bertz CT molecular complexity index is 1140. The van der Waals surface area contributed by atoms with Gasteiger partial charge in [0.25, 0.3) is 5.56 Å². The lowest BCUT2D eigenvalue weighted by molar-refractivity contribution is 0.147. The van der Waals surface area contributed by atoms with Crippen molar-refractivity contribution < 1.29 is 13.9 Å². The second-order valence-corrected chi connectivity index (χ2v) is 8.34. The van der Waals surface area contributed by atoms with E-state index in [2.05, 4.69) is 10.1 Å². The maximum atomic E-state index is 13.1. The monoisotopic (exact) mass is 414 g/mol. The number of aromatic nitrogens is 3. The Hall–Kier alpha value is -2.81. The van der Waals surface area contributed by atoms with E-state index in [1.54, 1.807) is 4.90 Å². The van der Waals surface area contributed by atoms with Crippen LogP contribution in [-0.4, -0.2) is 32.1 Å². The SMILES string of the molecule is O=C(Oc1ccc(F)cc1)N1CCCC1c1nn2c(=O)c3c(nc2s1)CCCC3. The summed E-state index contributed by atoms with van der Waals surface area (Å²) in [6.07, 6.45) is 4.68. The van der Waals surface area contributed by atoms with Gasteiger partial charge in [0, 0.05) is 12.1 Å². The predicted octanol–water partition coefficient (Wildman–Crippen LogP) is 3.50. The number of nitrogens with zero attached hydrogens (tertiary/aromatic N) is 4. The largest absolute Gasteiger partial charge is 0.415 e. The molecule has 0 radical (unpaired) electrons. The van der Waals surface area contributed by atoms with Gasteiger partial charge in [0.05, 0.1) is 11.7 Å². The maximum absolute atomic E-state index is 13.1. The summed E-state index contributed by atoms with van der Waals surface area (Å²) in [6.45, 7) is 0.541. The Morgan fingerprint density at radius 3 is 2.79 bits per heavy atom. The van der Waals surface area contributed by atoms with Crippen molar-refractivity contribution in [1.82, 2.24) is 19.5 Å². The Morgan fingerprint density at radius 2 is 1.97 bits per heavy atom. The lowest BCUT2D eigenvalue weighted by Gasteiger charge is -2.21. The summed E-state index contributed by atoms with van der Waals surface area (Å²) in [7, 11) is 0. The molecular formula is C20H19FN4O3S. The van der Waals surface area contributed by atoms with Crippen molar-refractivity contribution in [2.75, 3.05) is 6.54 Å². The van der Waals surface area contributed by atoms with Crippen LogP contribution < -0.4 is 10.3 Å². The number of aryl methyl sites for hydroxylation is 1. The molecule has 2 aliphatic rings. The summed E-state index contributed by atoms with van der Waals surface area (Å²) in [6, 6.07) is 5.08. The van der Waals surface area contributed by atoms with E-state index < -0.39 is 6.09 Å². The third kappa shape index (κ3) is 3.29. The van der Waals surface area contributed by atoms with Gasteiger partial charge in [0.15, 0.2) is 0 Å². The quantitative estimate of drug-likeness (QED) is 0.641. The van der Waals surface area contributed by atoms with Crippen molar-refractivity contribution in [3.63, 3.8) is 0 Å². The van der Waals surface area contributed by atoms with E-state index in [4.69, 9.17) is 4.74 Å². The molecule has 3 aromatic rings. The third-order valence-electron chi connectivity index (χ3n) is 5.49. The van der Waals surface area contributed by atoms with Crippen LogP contribution in [0.3, 0.4) is 0 Å². The number of amides is 1. The second kappa shape index (κ2) is 7.22. The van der Waals surface area contributed by atoms with Gasteiger partial charge in [-0.15, -0.1) is 0 Å². The lowest BCUT2D eigenvalue weighted by atomic mass is 9.97. The molecule has 5 rings (SSSR count). The molecule has 1 saturated heterocycles. The number of rotatable bonds is 2. The Balaban J connectivity index is 1.44. The van der Waals surface area contributed by atoms with Crippen molar-refractivity contribution in [3.05, 3.63) is 56.7 Å². The summed E-state index contributed by atoms with van der Waals surface area (Å²) in [5.74, 6) is -0.101. The lowest BCUT2D eigenvalue weighted by Crippen LogP contribution is -2.33. The van der Waals surface area contributed by atoms with Crippen LogP contribution >= 0.6 is 11.3 Å². The number of benzene rings is 1. The van der Waals surface area contributed by atoms with Crippen LogP contribution in [0.4, 0.5) is 9.18 Å². The number of carbonyl (C=O) groups excluding carboxylic acids is 1. The van der Waals surface area contributed by atoms with Gasteiger partial charge >= 0.3 is 6.09 Å². The molecule has 0 saturated carbocycles. The zero-order chi connectivity index (χ0) is 20.0. The number of likely N-dealkylation sites (tertiary alicyclic amines) is 1. The fourth-order valence-electron chi connectivity index (χ4n) is 4.03. The average molecular weight is 414 g/mol. The number of carbonyl (C=O) groups is 1. The van der Waals surface area contributed by atoms with E-state index in [0.717, 1.165) is 49.8 Å². The van der Waals surface area contributed by atoms with Crippen molar-refractivity contribution >= 4 is 22.4 Å². The van der Waals surface area contributed by atoms with Gasteiger partial charge in [-0.25, -0.2) is 14.2 Å². The Labute approximate surface area is 169 Å². The number of ether oxygens (including phenoxy) is 1. The van der Waals surface area contributed by atoms with Crippen LogP contribution in [0, 0.1) is 5.82 Å². The van der Waals surface area contributed by atoms with Gasteiger partial charge in [-0.1, -0.05) is 11.3 Å². The molecule has 150 valence electrons. The van der Waals surface area contributed by atoms with Crippen molar-refractivity contribution in [2.24, 2.45) is 0 Å². The molecule has 0 N–H and O–H groups in total. The molecule has 1 aromatic carbocycles. The van der Waals surface area contributed by atoms with Crippen LogP contribution in [0.2, 0.25) is 0 Å². The molecule has 0 bridgehead atoms. The van der Waals surface area contributed by atoms with Crippen LogP contribution in [0.1, 0.15) is 48.0 Å². The number of fused-ring (bicyclic) bond motifs is 2. The molecule has 1 aliphatic heterocycles. The van der Waals surface area contributed by atoms with Crippen LogP contribution in [0.25, 0.3) is 4.96 Å². The van der Waals surface area contributed by atoms with Crippen molar-refractivity contribution in [1.29, 1.82) is 0 Å². The topological polar surface area (TPSA) is 76.8 Å². The van der Waals surface area contributed by atoms with E-state index >= 15 is 0 Å². The standard InChI is InChI=1S/C20H19FN4O3S/c21-12-7-9-13(10-8-12)28-20(27)24-11-3-6-16(24)17-23-25-18(26)14-4-1-2-5-15(14)22-19(25)29-17/h7-10,16H,1-6,11H2. The highest BCUT2D eigenvalue weighted by atomic mass is 32.1. The van der Waals surface area contributed by atoms with Gasteiger partial charge in [0.1, 0.15) is 16.6 Å². The normalized spacial score (nSPS) is 18.8. The molecule has 3 heterocycles. The molecule has 1 unspecified atom stereocenters. The zero-order valence-electron chi connectivity index (χ0n) is 15.6. The minimum absolute atomic E-state index is 0.0920. The van der Waals surface area contributed by atoms with Crippen molar-refractivity contribution in [3.8, 4) is 5.75 Å². The number of hydrogen-bond donors (Lipinski definition) is 0. The molecule has 0 spiro atoms. The highest BCUT2D eigenvalue weighted by Gasteiger charge is 2.34. The summed E-state index contributed by atoms with van der Waals surface area (Å²) < 4.78 is 19.8. The minimum atomic E-state index is -0.502. The molecule has 9 heteroatoms. The fraction of sp³-hybridized carbons (Fsp3) is 0.400. The highest BCUT2D eigenvalue weighted by Crippen LogP contribution is 2.35. The molecule has 1 atom stereocenters. The predicted molar refractivity (Wildman–Crippen MR) is 105 cm³/mol. The van der Waals surface area contributed by atoms with Crippen molar-refractivity contribution in [2.45, 2.75) is 44.6 Å². The van der Waals surface area contributed by atoms with Gasteiger partial charge < -0.3 is 4.74 Å². The van der Waals surface area contributed by atoms with E-state index in [1.165, 1.54) is 40.1 Å².